The lowest BCUT2D eigenvalue weighted by Gasteiger charge is -2.18. The van der Waals surface area contributed by atoms with Crippen molar-refractivity contribution >= 4 is 5.97 Å². The standard InChI is InChI=1S/C19H21F3N2O2/c1-4-11-5-6-12-13(18(25)26)7-8-14(16(11)12)17-23-15(19(20,21)22)9-24(17)10(2)3/h7-11H,4-6H2,1-3H3,(H,25,26). The van der Waals surface area contributed by atoms with Crippen LogP contribution < -0.4 is 0 Å². The van der Waals surface area contributed by atoms with Crippen molar-refractivity contribution in [1.29, 1.82) is 0 Å². The largest absolute Gasteiger partial charge is 0.478 e. The van der Waals surface area contributed by atoms with E-state index in [4.69, 9.17) is 0 Å². The van der Waals surface area contributed by atoms with Gasteiger partial charge in [-0.15, -0.1) is 0 Å². The number of alkyl halides is 3. The fourth-order valence-corrected chi connectivity index (χ4v) is 3.79. The summed E-state index contributed by atoms with van der Waals surface area (Å²) in [4.78, 5) is 15.4. The first-order chi connectivity index (χ1) is 12.1. The number of halogens is 3. The molecule has 1 N–H and O–H groups in total. The molecule has 0 saturated carbocycles. The number of nitrogens with zero attached hydrogens (tertiary/aromatic N) is 2. The van der Waals surface area contributed by atoms with Gasteiger partial charge in [-0.25, -0.2) is 9.78 Å². The lowest BCUT2D eigenvalue weighted by atomic mass is 9.91. The van der Waals surface area contributed by atoms with Gasteiger partial charge in [-0.05, 0) is 56.2 Å². The van der Waals surface area contributed by atoms with E-state index in [0.29, 0.717) is 12.0 Å². The van der Waals surface area contributed by atoms with E-state index in [9.17, 15) is 23.1 Å². The van der Waals surface area contributed by atoms with E-state index in [1.807, 2.05) is 6.92 Å². The van der Waals surface area contributed by atoms with Gasteiger partial charge in [0.1, 0.15) is 5.82 Å². The Balaban J connectivity index is 2.27. The predicted octanol–water partition coefficient (Wildman–Crippen LogP) is 5.29. The number of carboxylic acids is 1. The Bertz CT molecular complexity index is 853. The monoisotopic (exact) mass is 366 g/mol. The first kappa shape index (κ1) is 18.5. The van der Waals surface area contributed by atoms with E-state index in [0.717, 1.165) is 30.2 Å². The zero-order valence-corrected chi connectivity index (χ0v) is 14.9. The summed E-state index contributed by atoms with van der Waals surface area (Å²) < 4.78 is 41.1. The number of rotatable bonds is 4. The minimum atomic E-state index is -4.52. The van der Waals surface area contributed by atoms with Gasteiger partial charge in [-0.3, -0.25) is 0 Å². The van der Waals surface area contributed by atoms with E-state index in [1.54, 1.807) is 19.9 Å². The molecule has 0 amide bonds. The fraction of sp³-hybridized carbons (Fsp3) is 0.474. The highest BCUT2D eigenvalue weighted by Gasteiger charge is 2.37. The van der Waals surface area contributed by atoms with Gasteiger partial charge in [-0.2, -0.15) is 13.2 Å². The maximum Gasteiger partial charge on any atom is 0.434 e. The first-order valence-electron chi connectivity index (χ1n) is 8.70. The maximum absolute atomic E-state index is 13.2. The van der Waals surface area contributed by atoms with Gasteiger partial charge in [0.15, 0.2) is 5.69 Å². The summed E-state index contributed by atoms with van der Waals surface area (Å²) in [5.41, 5.74) is 1.49. The highest BCUT2D eigenvalue weighted by atomic mass is 19.4. The summed E-state index contributed by atoms with van der Waals surface area (Å²) in [5.74, 6) is -0.625. The van der Waals surface area contributed by atoms with Crippen LogP contribution in [0.15, 0.2) is 18.3 Å². The van der Waals surface area contributed by atoms with Gasteiger partial charge in [0.05, 0.1) is 5.56 Å². The molecule has 1 atom stereocenters. The number of aromatic nitrogens is 2. The van der Waals surface area contributed by atoms with E-state index in [1.165, 1.54) is 10.6 Å². The summed E-state index contributed by atoms with van der Waals surface area (Å²) in [5, 5.41) is 9.45. The molecular weight excluding hydrogens is 345 g/mol. The van der Waals surface area contributed by atoms with Crippen molar-refractivity contribution in [2.24, 2.45) is 0 Å². The molecule has 0 saturated heterocycles. The highest BCUT2D eigenvalue weighted by Crippen LogP contribution is 2.44. The zero-order chi connectivity index (χ0) is 19.2. The summed E-state index contributed by atoms with van der Waals surface area (Å²) in [6.07, 6.45) is -1.26. The number of aromatic carboxylic acids is 1. The molecule has 1 aromatic heterocycles. The van der Waals surface area contributed by atoms with Gasteiger partial charge < -0.3 is 9.67 Å². The number of fused-ring (bicyclic) bond motifs is 1. The van der Waals surface area contributed by atoms with Gasteiger partial charge in [0.2, 0.25) is 0 Å². The molecule has 1 aliphatic rings. The van der Waals surface area contributed by atoms with Crippen LogP contribution >= 0.6 is 0 Å². The van der Waals surface area contributed by atoms with E-state index in [2.05, 4.69) is 4.98 Å². The molecule has 0 radical (unpaired) electrons. The normalized spacial score (nSPS) is 17.0. The molecule has 1 aliphatic carbocycles. The molecule has 0 fully saturated rings. The minimum Gasteiger partial charge on any atom is -0.478 e. The van der Waals surface area contributed by atoms with E-state index < -0.39 is 17.8 Å². The molecule has 0 spiro atoms. The number of imidazole rings is 1. The predicted molar refractivity (Wildman–Crippen MR) is 91.4 cm³/mol. The minimum absolute atomic E-state index is 0.131. The summed E-state index contributed by atoms with van der Waals surface area (Å²) in [7, 11) is 0. The second-order valence-corrected chi connectivity index (χ2v) is 6.95. The van der Waals surface area contributed by atoms with Crippen LogP contribution in [-0.4, -0.2) is 20.6 Å². The van der Waals surface area contributed by atoms with E-state index in [-0.39, 0.29) is 23.3 Å². The third kappa shape index (κ3) is 2.99. The Hall–Kier alpha value is -2.31. The summed E-state index contributed by atoms with van der Waals surface area (Å²) in [6, 6.07) is 2.89. The molecule has 3 rings (SSSR count). The van der Waals surface area contributed by atoms with Gasteiger partial charge >= 0.3 is 12.1 Å². The van der Waals surface area contributed by atoms with Crippen LogP contribution in [0.4, 0.5) is 13.2 Å². The topological polar surface area (TPSA) is 55.1 Å². The molecule has 140 valence electrons. The number of carboxylic acid groups (broad SMARTS) is 1. The van der Waals surface area contributed by atoms with Gasteiger partial charge in [0.25, 0.3) is 0 Å². The van der Waals surface area contributed by atoms with E-state index >= 15 is 0 Å². The number of hydrogen-bond acceptors (Lipinski definition) is 2. The lowest BCUT2D eigenvalue weighted by Crippen LogP contribution is -2.07. The molecule has 2 aromatic rings. The fourth-order valence-electron chi connectivity index (χ4n) is 3.79. The van der Waals surface area contributed by atoms with Crippen LogP contribution in [0.3, 0.4) is 0 Å². The van der Waals surface area contributed by atoms with Crippen molar-refractivity contribution in [3.8, 4) is 11.4 Å². The van der Waals surface area contributed by atoms with Crippen LogP contribution in [0, 0.1) is 0 Å². The van der Waals surface area contributed by atoms with Crippen LogP contribution in [0.25, 0.3) is 11.4 Å². The molecule has 4 nitrogen and oxygen atoms in total. The smallest absolute Gasteiger partial charge is 0.434 e. The molecule has 0 bridgehead atoms. The van der Waals surface area contributed by atoms with Crippen molar-refractivity contribution in [3.05, 3.63) is 40.7 Å². The van der Waals surface area contributed by atoms with Crippen molar-refractivity contribution < 1.29 is 23.1 Å². The Morgan fingerprint density at radius 1 is 1.38 bits per heavy atom. The van der Waals surface area contributed by atoms with Crippen LogP contribution in [-0.2, 0) is 12.6 Å². The van der Waals surface area contributed by atoms with Crippen molar-refractivity contribution in [1.82, 2.24) is 9.55 Å². The first-order valence-corrected chi connectivity index (χ1v) is 8.70. The molecule has 1 heterocycles. The summed E-state index contributed by atoms with van der Waals surface area (Å²) in [6.45, 7) is 5.61. The third-order valence-corrected chi connectivity index (χ3v) is 5.05. The maximum atomic E-state index is 13.2. The number of benzene rings is 1. The lowest BCUT2D eigenvalue weighted by molar-refractivity contribution is -0.140. The van der Waals surface area contributed by atoms with Gasteiger partial charge in [0, 0.05) is 17.8 Å². The Labute approximate surface area is 149 Å². The average Bonchev–Trinajstić information content (AvgIpc) is 3.17. The second kappa shape index (κ2) is 6.45. The zero-order valence-electron chi connectivity index (χ0n) is 14.9. The Kier molecular flexibility index (Phi) is 4.58. The molecule has 7 heteroatoms. The van der Waals surface area contributed by atoms with Gasteiger partial charge in [-0.1, -0.05) is 13.0 Å². The summed E-state index contributed by atoms with van der Waals surface area (Å²) >= 11 is 0. The SMILES string of the molecule is CCC1CCc2c(C(=O)O)ccc(-c3nc(C(F)(F)F)cn3C(C)C)c21. The number of hydrogen-bond donors (Lipinski definition) is 1. The van der Waals surface area contributed by atoms with Crippen LogP contribution in [0.2, 0.25) is 0 Å². The van der Waals surface area contributed by atoms with Crippen molar-refractivity contribution in [3.63, 3.8) is 0 Å². The van der Waals surface area contributed by atoms with Crippen molar-refractivity contribution in [2.75, 3.05) is 0 Å². The molecule has 26 heavy (non-hydrogen) atoms. The molecule has 1 unspecified atom stereocenters. The third-order valence-electron chi connectivity index (χ3n) is 5.05. The molecular formula is C19H21F3N2O2. The number of carbonyl (C=O) groups is 1. The van der Waals surface area contributed by atoms with Crippen LogP contribution in [0.1, 0.15) is 72.8 Å². The highest BCUT2D eigenvalue weighted by molar-refractivity contribution is 5.91. The Morgan fingerprint density at radius 3 is 2.62 bits per heavy atom. The van der Waals surface area contributed by atoms with Crippen molar-refractivity contribution in [2.45, 2.75) is 58.2 Å². The average molecular weight is 366 g/mol. The second-order valence-electron chi connectivity index (χ2n) is 6.95. The van der Waals surface area contributed by atoms with Crippen LogP contribution in [0.5, 0.6) is 0 Å². The molecule has 0 aliphatic heterocycles. The molecule has 1 aromatic carbocycles. The quantitative estimate of drug-likeness (QED) is 0.800. The Morgan fingerprint density at radius 2 is 2.08 bits per heavy atom.